The van der Waals surface area contributed by atoms with Gasteiger partial charge in [-0.3, -0.25) is 4.79 Å². The van der Waals surface area contributed by atoms with Crippen LogP contribution in [0.4, 0.5) is 10.5 Å². The van der Waals surface area contributed by atoms with Crippen molar-refractivity contribution < 1.29 is 14.7 Å². The van der Waals surface area contributed by atoms with Crippen LogP contribution < -0.4 is 10.6 Å². The van der Waals surface area contributed by atoms with Crippen molar-refractivity contribution in [3.05, 3.63) is 50.6 Å². The summed E-state index contributed by atoms with van der Waals surface area (Å²) in [4.78, 5) is 23.7. The zero-order valence-electron chi connectivity index (χ0n) is 10.9. The lowest BCUT2D eigenvalue weighted by atomic mass is 10.1. The molecule has 21 heavy (non-hydrogen) atoms. The van der Waals surface area contributed by atoms with Gasteiger partial charge in [0, 0.05) is 15.0 Å². The van der Waals surface area contributed by atoms with E-state index in [4.69, 9.17) is 5.11 Å². The Balaban J connectivity index is 1.96. The number of carboxylic acid groups (broad SMARTS) is 1. The van der Waals surface area contributed by atoms with E-state index in [2.05, 4.69) is 26.6 Å². The molecule has 0 atom stereocenters. The van der Waals surface area contributed by atoms with Crippen molar-refractivity contribution in [3.8, 4) is 0 Å². The molecule has 1 aromatic carbocycles. The van der Waals surface area contributed by atoms with Gasteiger partial charge >= 0.3 is 12.0 Å². The van der Waals surface area contributed by atoms with E-state index in [1.807, 2.05) is 11.4 Å². The van der Waals surface area contributed by atoms with Crippen LogP contribution in [0.15, 0.2) is 40.2 Å². The van der Waals surface area contributed by atoms with Gasteiger partial charge in [-0.25, -0.2) is 4.79 Å². The predicted octanol–water partition coefficient (Wildman–Crippen LogP) is 3.46. The number of hydrogen-bond donors (Lipinski definition) is 3. The fraction of sp³-hybridized carbons (Fsp3) is 0.143. The van der Waals surface area contributed by atoms with Crippen LogP contribution in [0.25, 0.3) is 0 Å². The number of urea groups is 1. The van der Waals surface area contributed by atoms with Gasteiger partial charge in [0.05, 0.1) is 13.0 Å². The Morgan fingerprint density at radius 3 is 2.67 bits per heavy atom. The summed E-state index contributed by atoms with van der Waals surface area (Å²) in [6.45, 7) is 0.408. The van der Waals surface area contributed by atoms with E-state index in [-0.39, 0.29) is 12.5 Å². The van der Waals surface area contributed by atoms with Gasteiger partial charge in [0.2, 0.25) is 0 Å². The van der Waals surface area contributed by atoms with Crippen molar-refractivity contribution in [2.45, 2.75) is 13.0 Å². The molecule has 7 heteroatoms. The lowest BCUT2D eigenvalue weighted by molar-refractivity contribution is -0.136. The summed E-state index contributed by atoms with van der Waals surface area (Å²) in [5, 5.41) is 16.2. The number of rotatable bonds is 5. The number of anilines is 1. The van der Waals surface area contributed by atoms with E-state index in [0.29, 0.717) is 17.8 Å². The molecular weight excluding hydrogens is 356 g/mol. The molecule has 5 nitrogen and oxygen atoms in total. The molecule has 0 aliphatic carbocycles. The van der Waals surface area contributed by atoms with E-state index in [0.717, 1.165) is 9.35 Å². The highest BCUT2D eigenvalue weighted by Gasteiger charge is 2.09. The maximum absolute atomic E-state index is 11.9. The van der Waals surface area contributed by atoms with Gasteiger partial charge in [0.15, 0.2) is 0 Å². The number of aliphatic carboxylic acids is 1. The zero-order chi connectivity index (χ0) is 15.2. The Morgan fingerprint density at radius 2 is 2.00 bits per heavy atom. The van der Waals surface area contributed by atoms with E-state index in [1.54, 1.807) is 35.6 Å². The number of carbonyl (C=O) groups excluding carboxylic acids is 1. The van der Waals surface area contributed by atoms with Crippen molar-refractivity contribution in [2.75, 3.05) is 5.32 Å². The number of hydrogen-bond acceptors (Lipinski definition) is 3. The Hall–Kier alpha value is -1.86. The Bertz CT molecular complexity index is 657. The Morgan fingerprint density at radius 1 is 1.24 bits per heavy atom. The maximum atomic E-state index is 11.9. The van der Waals surface area contributed by atoms with Gasteiger partial charge in [0.25, 0.3) is 0 Å². The number of amides is 2. The molecule has 3 N–H and O–H groups in total. The van der Waals surface area contributed by atoms with Crippen LogP contribution >= 0.6 is 27.3 Å². The first-order chi connectivity index (χ1) is 10.1. The third kappa shape index (κ3) is 4.57. The molecule has 2 aromatic rings. The Kier molecular flexibility index (Phi) is 5.35. The van der Waals surface area contributed by atoms with Crippen molar-refractivity contribution in [2.24, 2.45) is 0 Å². The minimum Gasteiger partial charge on any atom is -0.481 e. The molecule has 2 rings (SSSR count). The van der Waals surface area contributed by atoms with E-state index in [9.17, 15) is 9.59 Å². The topological polar surface area (TPSA) is 78.4 Å². The number of thiophene rings is 1. The second-order valence-corrected chi connectivity index (χ2v) is 6.08. The second-order valence-electron chi connectivity index (χ2n) is 4.23. The molecule has 0 aliphatic heterocycles. The molecule has 0 unspecified atom stereocenters. The minimum atomic E-state index is -0.938. The van der Waals surface area contributed by atoms with Crippen LogP contribution in [-0.4, -0.2) is 17.1 Å². The lowest BCUT2D eigenvalue weighted by Crippen LogP contribution is -2.28. The molecule has 1 heterocycles. The Labute approximate surface area is 134 Å². The summed E-state index contributed by atoms with van der Waals surface area (Å²) in [5.41, 5.74) is 1.07. The number of para-hydroxylation sites is 1. The molecule has 0 bridgehead atoms. The van der Waals surface area contributed by atoms with E-state index >= 15 is 0 Å². The van der Waals surface area contributed by atoms with E-state index in [1.165, 1.54) is 0 Å². The van der Waals surface area contributed by atoms with Gasteiger partial charge in [-0.15, -0.1) is 11.3 Å². The van der Waals surface area contributed by atoms with Crippen molar-refractivity contribution in [1.82, 2.24) is 5.32 Å². The van der Waals surface area contributed by atoms with Gasteiger partial charge in [0.1, 0.15) is 0 Å². The summed E-state index contributed by atoms with van der Waals surface area (Å²) in [6.07, 6.45) is -0.132. The third-order valence-electron chi connectivity index (χ3n) is 2.71. The summed E-state index contributed by atoms with van der Waals surface area (Å²) >= 11 is 4.94. The standard InChI is InChI=1S/C14H13BrN2O3S/c15-10-5-6-21-12(10)8-16-14(20)17-11-4-2-1-3-9(11)7-13(18)19/h1-6H,7-8H2,(H,18,19)(H2,16,17,20). The molecule has 0 fully saturated rings. The summed E-state index contributed by atoms with van der Waals surface area (Å²) < 4.78 is 0.957. The predicted molar refractivity (Wildman–Crippen MR) is 85.7 cm³/mol. The van der Waals surface area contributed by atoms with Crippen molar-refractivity contribution >= 4 is 45.0 Å². The zero-order valence-corrected chi connectivity index (χ0v) is 13.3. The fourth-order valence-corrected chi connectivity index (χ4v) is 3.17. The number of nitrogens with one attached hydrogen (secondary N) is 2. The molecule has 2 amide bonds. The van der Waals surface area contributed by atoms with Crippen molar-refractivity contribution in [3.63, 3.8) is 0 Å². The quantitative estimate of drug-likeness (QED) is 0.755. The SMILES string of the molecule is O=C(O)Cc1ccccc1NC(=O)NCc1sccc1Br. The number of benzene rings is 1. The molecule has 110 valence electrons. The van der Waals surface area contributed by atoms with Crippen LogP contribution in [0.5, 0.6) is 0 Å². The van der Waals surface area contributed by atoms with Gasteiger partial charge < -0.3 is 15.7 Å². The fourth-order valence-electron chi connectivity index (χ4n) is 1.74. The average Bonchev–Trinajstić information content (AvgIpc) is 2.84. The summed E-state index contributed by atoms with van der Waals surface area (Å²) in [6, 6.07) is 8.40. The first-order valence-corrected chi connectivity index (χ1v) is 7.80. The highest BCUT2D eigenvalue weighted by atomic mass is 79.9. The number of carbonyl (C=O) groups is 2. The first kappa shape index (κ1) is 15.5. The highest BCUT2D eigenvalue weighted by Crippen LogP contribution is 2.22. The second kappa shape index (κ2) is 7.24. The average molecular weight is 369 g/mol. The lowest BCUT2D eigenvalue weighted by Gasteiger charge is -2.10. The number of carboxylic acids is 1. The summed E-state index contributed by atoms with van der Waals surface area (Å²) in [5.74, 6) is -0.938. The monoisotopic (exact) mass is 368 g/mol. The molecule has 0 saturated heterocycles. The van der Waals surface area contributed by atoms with Crippen LogP contribution in [0.3, 0.4) is 0 Å². The molecule has 0 radical (unpaired) electrons. The molecule has 0 aliphatic rings. The smallest absolute Gasteiger partial charge is 0.319 e. The van der Waals surface area contributed by atoms with Gasteiger partial charge in [-0.2, -0.15) is 0 Å². The van der Waals surface area contributed by atoms with Gasteiger partial charge in [-0.05, 0) is 39.0 Å². The minimum absolute atomic E-state index is 0.132. The van der Waals surface area contributed by atoms with Crippen LogP contribution in [0.2, 0.25) is 0 Å². The van der Waals surface area contributed by atoms with Crippen LogP contribution in [0.1, 0.15) is 10.4 Å². The molecule has 0 saturated carbocycles. The van der Waals surface area contributed by atoms with Crippen molar-refractivity contribution in [1.29, 1.82) is 0 Å². The highest BCUT2D eigenvalue weighted by molar-refractivity contribution is 9.10. The maximum Gasteiger partial charge on any atom is 0.319 e. The normalized spacial score (nSPS) is 10.1. The third-order valence-corrected chi connectivity index (χ3v) is 4.63. The molecule has 0 spiro atoms. The molecular formula is C14H13BrN2O3S. The molecule has 1 aromatic heterocycles. The van der Waals surface area contributed by atoms with E-state index < -0.39 is 5.97 Å². The van der Waals surface area contributed by atoms with Crippen LogP contribution in [-0.2, 0) is 17.8 Å². The van der Waals surface area contributed by atoms with Gasteiger partial charge in [-0.1, -0.05) is 18.2 Å². The first-order valence-electron chi connectivity index (χ1n) is 6.12. The summed E-state index contributed by atoms with van der Waals surface area (Å²) in [7, 11) is 0. The van der Waals surface area contributed by atoms with Crippen LogP contribution in [0, 0.1) is 0 Å². The number of halogens is 1. The largest absolute Gasteiger partial charge is 0.481 e.